The molecule has 0 bridgehead atoms. The Balaban J connectivity index is 3.36. The molecule has 0 aliphatic heterocycles. The van der Waals surface area contributed by atoms with Gasteiger partial charge < -0.3 is 10.2 Å². The van der Waals surface area contributed by atoms with Gasteiger partial charge in [0.25, 0.3) is 0 Å². The van der Waals surface area contributed by atoms with Gasteiger partial charge in [-0.3, -0.25) is 0 Å². The molecule has 2 nitrogen and oxygen atoms in total. The topological polar surface area (TPSA) is 40.5 Å². The van der Waals surface area contributed by atoms with Gasteiger partial charge >= 0.3 is 0 Å². The zero-order valence-corrected chi connectivity index (χ0v) is 6.45. The fraction of sp³-hybridized carbons (Fsp3) is 0.750. The Morgan fingerprint density at radius 2 is 2.10 bits per heavy atom. The zero-order chi connectivity index (χ0) is 7.98. The molecular formula is C8H16O2. The van der Waals surface area contributed by atoms with Crippen molar-refractivity contribution in [3.63, 3.8) is 0 Å². The third-order valence-electron chi connectivity index (χ3n) is 1.41. The lowest BCUT2D eigenvalue weighted by molar-refractivity contribution is 0.0974. The fourth-order valence-electron chi connectivity index (χ4n) is 0.826. The van der Waals surface area contributed by atoms with E-state index in [2.05, 4.69) is 6.58 Å². The highest BCUT2D eigenvalue weighted by Crippen LogP contribution is 2.04. The molecular weight excluding hydrogens is 128 g/mol. The van der Waals surface area contributed by atoms with E-state index in [-0.39, 0.29) is 6.10 Å². The molecule has 2 atom stereocenters. The van der Waals surface area contributed by atoms with Crippen molar-refractivity contribution in [1.29, 1.82) is 0 Å². The summed E-state index contributed by atoms with van der Waals surface area (Å²) >= 11 is 0. The molecule has 2 N–H and O–H groups in total. The Morgan fingerprint density at radius 1 is 1.50 bits per heavy atom. The van der Waals surface area contributed by atoms with Gasteiger partial charge in [-0.2, -0.15) is 0 Å². The van der Waals surface area contributed by atoms with Crippen LogP contribution in [0.1, 0.15) is 26.2 Å². The second-order valence-electron chi connectivity index (χ2n) is 2.48. The van der Waals surface area contributed by atoms with Gasteiger partial charge in [0.1, 0.15) is 0 Å². The van der Waals surface area contributed by atoms with E-state index in [1.807, 2.05) is 6.92 Å². The van der Waals surface area contributed by atoms with Gasteiger partial charge in [-0.05, 0) is 6.42 Å². The molecule has 0 amide bonds. The molecule has 60 valence electrons. The van der Waals surface area contributed by atoms with Crippen molar-refractivity contribution in [3.8, 4) is 0 Å². The number of hydrogen-bond acceptors (Lipinski definition) is 2. The molecule has 0 radical (unpaired) electrons. The largest absolute Gasteiger partial charge is 0.393 e. The van der Waals surface area contributed by atoms with Gasteiger partial charge in [-0.25, -0.2) is 0 Å². The van der Waals surface area contributed by atoms with Crippen molar-refractivity contribution in [3.05, 3.63) is 12.7 Å². The first-order valence-corrected chi connectivity index (χ1v) is 3.69. The zero-order valence-electron chi connectivity index (χ0n) is 6.45. The van der Waals surface area contributed by atoms with Crippen LogP contribution in [0.4, 0.5) is 0 Å². The highest BCUT2D eigenvalue weighted by molar-refractivity contribution is 4.79. The minimum atomic E-state index is -0.554. The third kappa shape index (κ3) is 4.53. The second kappa shape index (κ2) is 5.45. The number of hydrogen-bond donors (Lipinski definition) is 2. The van der Waals surface area contributed by atoms with E-state index >= 15 is 0 Å². The van der Waals surface area contributed by atoms with Crippen LogP contribution >= 0.6 is 0 Å². The van der Waals surface area contributed by atoms with Crippen molar-refractivity contribution in [1.82, 2.24) is 0 Å². The maximum atomic E-state index is 9.14. The standard InChI is InChI=1S/C8H16O2/c1-3-5-8(10)6-7(9)4-2/h4,7-10H,2-3,5-6H2,1H3/t7-,8+/m0/s1. The van der Waals surface area contributed by atoms with E-state index in [1.165, 1.54) is 6.08 Å². The molecule has 0 rings (SSSR count). The van der Waals surface area contributed by atoms with Crippen molar-refractivity contribution < 1.29 is 10.2 Å². The first-order valence-electron chi connectivity index (χ1n) is 3.69. The maximum Gasteiger partial charge on any atom is 0.0742 e. The summed E-state index contributed by atoms with van der Waals surface area (Å²) in [5.41, 5.74) is 0. The average molecular weight is 144 g/mol. The summed E-state index contributed by atoms with van der Waals surface area (Å²) < 4.78 is 0. The lowest BCUT2D eigenvalue weighted by Crippen LogP contribution is -2.14. The lowest BCUT2D eigenvalue weighted by atomic mass is 10.1. The third-order valence-corrected chi connectivity index (χ3v) is 1.41. The fourth-order valence-corrected chi connectivity index (χ4v) is 0.826. The molecule has 10 heavy (non-hydrogen) atoms. The van der Waals surface area contributed by atoms with Crippen LogP contribution in [0.3, 0.4) is 0 Å². The molecule has 0 unspecified atom stereocenters. The second-order valence-corrected chi connectivity index (χ2v) is 2.48. The smallest absolute Gasteiger partial charge is 0.0742 e. The number of aliphatic hydroxyl groups excluding tert-OH is 2. The van der Waals surface area contributed by atoms with Crippen molar-refractivity contribution in [2.45, 2.75) is 38.4 Å². The van der Waals surface area contributed by atoms with Crippen LogP contribution in [0.25, 0.3) is 0 Å². The Labute approximate surface area is 62.2 Å². The molecule has 0 heterocycles. The maximum absolute atomic E-state index is 9.14. The van der Waals surface area contributed by atoms with E-state index in [1.54, 1.807) is 0 Å². The summed E-state index contributed by atoms with van der Waals surface area (Å²) in [4.78, 5) is 0. The highest BCUT2D eigenvalue weighted by atomic mass is 16.3. The van der Waals surface area contributed by atoms with E-state index in [9.17, 15) is 0 Å². The molecule has 0 spiro atoms. The Bertz CT molecular complexity index is 91.3. The monoisotopic (exact) mass is 144 g/mol. The summed E-state index contributed by atoms with van der Waals surface area (Å²) in [6, 6.07) is 0. The van der Waals surface area contributed by atoms with Gasteiger partial charge in [0, 0.05) is 6.42 Å². The van der Waals surface area contributed by atoms with Gasteiger partial charge in [0.15, 0.2) is 0 Å². The quantitative estimate of drug-likeness (QED) is 0.567. The summed E-state index contributed by atoms with van der Waals surface area (Å²) in [7, 11) is 0. The average Bonchev–Trinajstić information content (AvgIpc) is 1.88. The van der Waals surface area contributed by atoms with Gasteiger partial charge in [-0.1, -0.05) is 19.4 Å². The molecule has 0 saturated heterocycles. The molecule has 0 aliphatic rings. The van der Waals surface area contributed by atoms with Crippen molar-refractivity contribution in [2.24, 2.45) is 0 Å². The van der Waals surface area contributed by atoms with Crippen LogP contribution in [0.2, 0.25) is 0 Å². The van der Waals surface area contributed by atoms with Crippen molar-refractivity contribution >= 4 is 0 Å². The number of aliphatic hydroxyl groups is 2. The minimum Gasteiger partial charge on any atom is -0.393 e. The molecule has 2 heteroatoms. The highest BCUT2D eigenvalue weighted by Gasteiger charge is 2.06. The summed E-state index contributed by atoms with van der Waals surface area (Å²) in [5.74, 6) is 0. The predicted octanol–water partition coefficient (Wildman–Crippen LogP) is 1.08. The molecule has 0 aliphatic carbocycles. The van der Waals surface area contributed by atoms with E-state index in [0.29, 0.717) is 6.42 Å². The van der Waals surface area contributed by atoms with Crippen LogP contribution in [-0.2, 0) is 0 Å². The number of rotatable bonds is 5. The molecule has 0 aromatic rings. The van der Waals surface area contributed by atoms with E-state index in [4.69, 9.17) is 10.2 Å². The van der Waals surface area contributed by atoms with Crippen LogP contribution in [0.5, 0.6) is 0 Å². The summed E-state index contributed by atoms with van der Waals surface area (Å²) in [6.45, 7) is 5.42. The molecule has 0 fully saturated rings. The minimum absolute atomic E-state index is 0.377. The van der Waals surface area contributed by atoms with E-state index in [0.717, 1.165) is 12.8 Å². The van der Waals surface area contributed by atoms with Crippen molar-refractivity contribution in [2.75, 3.05) is 0 Å². The van der Waals surface area contributed by atoms with Gasteiger partial charge in [0.2, 0.25) is 0 Å². The van der Waals surface area contributed by atoms with Crippen LogP contribution in [-0.4, -0.2) is 22.4 Å². The Kier molecular flexibility index (Phi) is 5.26. The first-order chi connectivity index (χ1) is 4.70. The van der Waals surface area contributed by atoms with Crippen LogP contribution in [0, 0.1) is 0 Å². The molecule has 0 aromatic carbocycles. The summed E-state index contributed by atoms with van der Waals surface area (Å²) in [6.07, 6.45) is 2.63. The van der Waals surface area contributed by atoms with Gasteiger partial charge in [0.05, 0.1) is 12.2 Å². The van der Waals surface area contributed by atoms with Crippen LogP contribution < -0.4 is 0 Å². The van der Waals surface area contributed by atoms with Gasteiger partial charge in [-0.15, -0.1) is 6.58 Å². The Morgan fingerprint density at radius 3 is 2.50 bits per heavy atom. The SMILES string of the molecule is C=C[C@H](O)C[C@H](O)CCC. The normalized spacial score (nSPS) is 16.3. The molecule has 0 saturated carbocycles. The lowest BCUT2D eigenvalue weighted by Gasteiger charge is -2.10. The van der Waals surface area contributed by atoms with E-state index < -0.39 is 6.10 Å². The Hall–Kier alpha value is -0.340. The van der Waals surface area contributed by atoms with Crippen LogP contribution in [0.15, 0.2) is 12.7 Å². The predicted molar refractivity (Wildman–Crippen MR) is 41.7 cm³/mol. The molecule has 0 aromatic heterocycles. The first kappa shape index (κ1) is 9.66. The summed E-state index contributed by atoms with van der Waals surface area (Å²) in [5, 5.41) is 18.1.